The zero-order chi connectivity index (χ0) is 20.3. The molecular weight excluding hydrogens is 354 g/mol. The molecule has 1 heterocycles. The fourth-order valence-electron chi connectivity index (χ4n) is 3.45. The number of nitrogens with zero attached hydrogens (tertiary/aromatic N) is 1. The monoisotopic (exact) mass is 379 g/mol. The molecule has 2 N–H and O–H groups in total. The second kappa shape index (κ2) is 8.25. The summed E-state index contributed by atoms with van der Waals surface area (Å²) in [6, 6.07) is 13.9. The standard InChI is InChI=1S/C22H25N3O3/c1-14(2)11-20(25-13-16-7-4-5-10-19(16)22(25)28)21(27)24-18-9-6-8-17(12-18)23-15(3)26/h4-10,12,14,20H,11,13H2,1-3H3,(H,23,26)(H,24,27). The van der Waals surface area contributed by atoms with Gasteiger partial charge in [0.2, 0.25) is 11.8 Å². The summed E-state index contributed by atoms with van der Waals surface area (Å²) in [6.07, 6.45) is 0.566. The highest BCUT2D eigenvalue weighted by Gasteiger charge is 2.36. The van der Waals surface area contributed by atoms with Gasteiger partial charge in [0.15, 0.2) is 0 Å². The van der Waals surface area contributed by atoms with Crippen LogP contribution >= 0.6 is 0 Å². The van der Waals surface area contributed by atoms with Gasteiger partial charge in [0.25, 0.3) is 5.91 Å². The number of hydrogen-bond donors (Lipinski definition) is 2. The van der Waals surface area contributed by atoms with E-state index >= 15 is 0 Å². The van der Waals surface area contributed by atoms with Gasteiger partial charge in [-0.1, -0.05) is 38.1 Å². The van der Waals surface area contributed by atoms with Crippen LogP contribution < -0.4 is 10.6 Å². The Morgan fingerprint density at radius 1 is 1.04 bits per heavy atom. The Kier molecular flexibility index (Phi) is 5.78. The predicted octanol–water partition coefficient (Wildman–Crippen LogP) is 3.65. The van der Waals surface area contributed by atoms with E-state index in [1.54, 1.807) is 35.2 Å². The van der Waals surface area contributed by atoms with E-state index in [1.807, 2.05) is 32.0 Å². The third-order valence-corrected chi connectivity index (χ3v) is 4.67. The Labute approximate surface area is 164 Å². The van der Waals surface area contributed by atoms with Crippen LogP contribution in [-0.4, -0.2) is 28.7 Å². The molecule has 146 valence electrons. The van der Waals surface area contributed by atoms with Crippen molar-refractivity contribution in [1.82, 2.24) is 4.90 Å². The largest absolute Gasteiger partial charge is 0.326 e. The Balaban J connectivity index is 1.80. The van der Waals surface area contributed by atoms with Crippen molar-refractivity contribution in [3.05, 3.63) is 59.7 Å². The van der Waals surface area contributed by atoms with Gasteiger partial charge in [0.05, 0.1) is 0 Å². The molecule has 28 heavy (non-hydrogen) atoms. The number of nitrogens with one attached hydrogen (secondary N) is 2. The Hall–Kier alpha value is -3.15. The first-order valence-electron chi connectivity index (χ1n) is 9.42. The van der Waals surface area contributed by atoms with Crippen molar-refractivity contribution in [2.24, 2.45) is 5.92 Å². The van der Waals surface area contributed by atoms with E-state index in [0.717, 1.165) is 5.56 Å². The number of rotatable bonds is 6. The van der Waals surface area contributed by atoms with Crippen LogP contribution in [0.5, 0.6) is 0 Å². The van der Waals surface area contributed by atoms with Crippen LogP contribution in [-0.2, 0) is 16.1 Å². The van der Waals surface area contributed by atoms with Crippen LogP contribution in [0.3, 0.4) is 0 Å². The quantitative estimate of drug-likeness (QED) is 0.804. The summed E-state index contributed by atoms with van der Waals surface area (Å²) in [4.78, 5) is 38.8. The van der Waals surface area contributed by atoms with E-state index in [1.165, 1.54) is 6.92 Å². The lowest BCUT2D eigenvalue weighted by Crippen LogP contribution is -2.45. The number of hydrogen-bond acceptors (Lipinski definition) is 3. The second-order valence-electron chi connectivity index (χ2n) is 7.49. The lowest BCUT2D eigenvalue weighted by molar-refractivity contribution is -0.121. The van der Waals surface area contributed by atoms with Crippen molar-refractivity contribution in [3.63, 3.8) is 0 Å². The Bertz CT molecular complexity index is 907. The fourth-order valence-corrected chi connectivity index (χ4v) is 3.45. The summed E-state index contributed by atoms with van der Waals surface area (Å²) < 4.78 is 0. The highest BCUT2D eigenvalue weighted by molar-refractivity contribution is 6.03. The molecule has 1 atom stereocenters. The van der Waals surface area contributed by atoms with E-state index in [2.05, 4.69) is 10.6 Å². The minimum Gasteiger partial charge on any atom is -0.326 e. The molecule has 0 aliphatic carbocycles. The summed E-state index contributed by atoms with van der Waals surface area (Å²) in [5.41, 5.74) is 2.79. The smallest absolute Gasteiger partial charge is 0.255 e. The van der Waals surface area contributed by atoms with Gasteiger partial charge in [-0.3, -0.25) is 14.4 Å². The minimum atomic E-state index is -0.565. The molecule has 2 aromatic carbocycles. The van der Waals surface area contributed by atoms with E-state index in [0.29, 0.717) is 29.9 Å². The lowest BCUT2D eigenvalue weighted by atomic mass is 10.0. The van der Waals surface area contributed by atoms with Crippen LogP contribution in [0.15, 0.2) is 48.5 Å². The number of benzene rings is 2. The van der Waals surface area contributed by atoms with Gasteiger partial charge < -0.3 is 15.5 Å². The van der Waals surface area contributed by atoms with E-state index in [9.17, 15) is 14.4 Å². The van der Waals surface area contributed by atoms with Gasteiger partial charge in [-0.15, -0.1) is 0 Å². The van der Waals surface area contributed by atoms with Crippen molar-refractivity contribution in [2.75, 3.05) is 10.6 Å². The fraction of sp³-hybridized carbons (Fsp3) is 0.318. The summed E-state index contributed by atoms with van der Waals surface area (Å²) >= 11 is 0. The van der Waals surface area contributed by atoms with Gasteiger partial charge in [-0.2, -0.15) is 0 Å². The topological polar surface area (TPSA) is 78.5 Å². The first-order chi connectivity index (χ1) is 13.3. The first kappa shape index (κ1) is 19.6. The molecule has 0 fully saturated rings. The van der Waals surface area contributed by atoms with Crippen LogP contribution in [0.1, 0.15) is 43.1 Å². The molecule has 0 saturated carbocycles. The van der Waals surface area contributed by atoms with E-state index < -0.39 is 6.04 Å². The maximum Gasteiger partial charge on any atom is 0.255 e. The van der Waals surface area contributed by atoms with Crippen LogP contribution in [0.25, 0.3) is 0 Å². The first-order valence-corrected chi connectivity index (χ1v) is 9.42. The molecule has 0 spiro atoms. The van der Waals surface area contributed by atoms with Crippen molar-refractivity contribution >= 4 is 29.1 Å². The Morgan fingerprint density at radius 2 is 1.71 bits per heavy atom. The van der Waals surface area contributed by atoms with Crippen LogP contribution in [0, 0.1) is 5.92 Å². The second-order valence-corrected chi connectivity index (χ2v) is 7.49. The summed E-state index contributed by atoms with van der Waals surface area (Å²) in [7, 11) is 0. The Morgan fingerprint density at radius 3 is 2.36 bits per heavy atom. The van der Waals surface area contributed by atoms with Gasteiger partial charge in [0, 0.05) is 30.4 Å². The average molecular weight is 379 g/mol. The van der Waals surface area contributed by atoms with Crippen molar-refractivity contribution < 1.29 is 14.4 Å². The van der Waals surface area contributed by atoms with Crippen molar-refractivity contribution in [1.29, 1.82) is 0 Å². The van der Waals surface area contributed by atoms with Crippen LogP contribution in [0.2, 0.25) is 0 Å². The molecule has 3 amide bonds. The molecule has 0 bridgehead atoms. The molecule has 1 aliphatic rings. The normalized spacial score (nSPS) is 14.0. The predicted molar refractivity (Wildman–Crippen MR) is 109 cm³/mol. The maximum atomic E-state index is 13.1. The third-order valence-electron chi connectivity index (χ3n) is 4.67. The zero-order valence-corrected chi connectivity index (χ0v) is 16.4. The number of fused-ring (bicyclic) bond motifs is 1. The number of anilines is 2. The molecular formula is C22H25N3O3. The van der Waals surface area contributed by atoms with E-state index in [-0.39, 0.29) is 23.6 Å². The maximum absolute atomic E-state index is 13.1. The van der Waals surface area contributed by atoms with Crippen molar-refractivity contribution in [2.45, 2.75) is 39.8 Å². The molecule has 1 unspecified atom stereocenters. The zero-order valence-electron chi connectivity index (χ0n) is 16.4. The van der Waals surface area contributed by atoms with Crippen molar-refractivity contribution in [3.8, 4) is 0 Å². The van der Waals surface area contributed by atoms with Gasteiger partial charge in [-0.05, 0) is 42.2 Å². The molecule has 6 heteroatoms. The number of carbonyl (C=O) groups is 3. The average Bonchev–Trinajstić information content (AvgIpc) is 2.96. The minimum absolute atomic E-state index is 0.108. The summed E-state index contributed by atoms with van der Waals surface area (Å²) in [5.74, 6) is -0.266. The lowest BCUT2D eigenvalue weighted by Gasteiger charge is -2.28. The summed E-state index contributed by atoms with van der Waals surface area (Å²) in [5, 5.41) is 5.60. The van der Waals surface area contributed by atoms with Gasteiger partial charge >= 0.3 is 0 Å². The van der Waals surface area contributed by atoms with Gasteiger partial charge in [0.1, 0.15) is 6.04 Å². The highest BCUT2D eigenvalue weighted by atomic mass is 16.2. The molecule has 0 radical (unpaired) electrons. The van der Waals surface area contributed by atoms with E-state index in [4.69, 9.17) is 0 Å². The van der Waals surface area contributed by atoms with Crippen LogP contribution in [0.4, 0.5) is 11.4 Å². The summed E-state index contributed by atoms with van der Waals surface area (Å²) in [6.45, 7) is 5.93. The molecule has 0 aromatic heterocycles. The third kappa shape index (κ3) is 4.39. The van der Waals surface area contributed by atoms with Gasteiger partial charge in [-0.25, -0.2) is 0 Å². The molecule has 6 nitrogen and oxygen atoms in total. The number of amides is 3. The molecule has 1 aliphatic heterocycles. The molecule has 0 saturated heterocycles. The number of carbonyl (C=O) groups excluding carboxylic acids is 3. The highest BCUT2D eigenvalue weighted by Crippen LogP contribution is 2.27. The molecule has 3 rings (SSSR count). The SMILES string of the molecule is CC(=O)Nc1cccc(NC(=O)C(CC(C)C)N2Cc3ccccc3C2=O)c1. The molecule has 2 aromatic rings.